The van der Waals surface area contributed by atoms with Crippen molar-refractivity contribution >= 4 is 17.6 Å². The van der Waals surface area contributed by atoms with E-state index < -0.39 is 17.7 Å². The van der Waals surface area contributed by atoms with Crippen LogP contribution in [0.5, 0.6) is 0 Å². The van der Waals surface area contributed by atoms with Gasteiger partial charge < -0.3 is 15.1 Å². The summed E-state index contributed by atoms with van der Waals surface area (Å²) in [6.07, 6.45) is 7.83. The summed E-state index contributed by atoms with van der Waals surface area (Å²) in [6, 6.07) is 6.10. The molecule has 0 spiro atoms. The molecule has 2 aliphatic rings. The van der Waals surface area contributed by atoms with Crippen LogP contribution in [0.15, 0.2) is 42.7 Å². The van der Waals surface area contributed by atoms with Crippen LogP contribution < -0.4 is 5.32 Å². The Bertz CT molecular complexity index is 936. The molecule has 6 nitrogen and oxygen atoms in total. The van der Waals surface area contributed by atoms with Gasteiger partial charge in [-0.15, -0.1) is 0 Å². The van der Waals surface area contributed by atoms with Gasteiger partial charge in [0.25, 0.3) is 0 Å². The summed E-state index contributed by atoms with van der Waals surface area (Å²) < 4.78 is 27.4. The Morgan fingerprint density at radius 3 is 2.71 bits per heavy atom. The fourth-order valence-electron chi connectivity index (χ4n) is 4.15. The van der Waals surface area contributed by atoms with Gasteiger partial charge in [-0.1, -0.05) is 12.5 Å². The van der Waals surface area contributed by atoms with Crippen LogP contribution in [0.2, 0.25) is 0 Å². The molecular formula is C23H26F2N4O2. The largest absolute Gasteiger partial charge is 0.333 e. The second kappa shape index (κ2) is 9.41. The summed E-state index contributed by atoms with van der Waals surface area (Å²) in [5.74, 6) is -1.15. The Hall–Kier alpha value is -3.03. The normalized spacial score (nSPS) is 18.9. The SMILES string of the molecule is O=C(Nc1cc(F)ccc1F)N1CCCC(N(Cc2cccnc2)C(=O)C2CCC2)C1. The zero-order valence-corrected chi connectivity index (χ0v) is 17.3. The van der Waals surface area contributed by atoms with Crippen molar-refractivity contribution in [1.82, 2.24) is 14.8 Å². The highest BCUT2D eigenvalue weighted by Gasteiger charge is 2.36. The molecular weight excluding hydrogens is 402 g/mol. The van der Waals surface area contributed by atoms with E-state index in [4.69, 9.17) is 0 Å². The molecule has 3 amide bonds. The minimum atomic E-state index is -0.693. The van der Waals surface area contributed by atoms with Crippen molar-refractivity contribution in [3.05, 3.63) is 59.9 Å². The molecule has 4 rings (SSSR count). The predicted molar refractivity (Wildman–Crippen MR) is 112 cm³/mol. The van der Waals surface area contributed by atoms with E-state index >= 15 is 0 Å². The number of rotatable bonds is 5. The lowest BCUT2D eigenvalue weighted by atomic mass is 9.83. The molecule has 8 heteroatoms. The number of aromatic nitrogens is 1. The fourth-order valence-corrected chi connectivity index (χ4v) is 4.15. The van der Waals surface area contributed by atoms with E-state index in [1.807, 2.05) is 17.0 Å². The molecule has 164 valence electrons. The molecule has 31 heavy (non-hydrogen) atoms. The second-order valence-corrected chi connectivity index (χ2v) is 8.25. The third kappa shape index (κ3) is 5.00. The smallest absolute Gasteiger partial charge is 0.321 e. The van der Waals surface area contributed by atoms with Gasteiger partial charge in [-0.25, -0.2) is 13.6 Å². The number of halogens is 2. The summed E-state index contributed by atoms with van der Waals surface area (Å²) in [4.78, 5) is 33.5. The fraction of sp³-hybridized carbons (Fsp3) is 0.435. The van der Waals surface area contributed by atoms with Crippen molar-refractivity contribution < 1.29 is 18.4 Å². The van der Waals surface area contributed by atoms with Crippen molar-refractivity contribution in [3.63, 3.8) is 0 Å². The van der Waals surface area contributed by atoms with E-state index in [1.165, 1.54) is 0 Å². The first-order valence-corrected chi connectivity index (χ1v) is 10.7. The van der Waals surface area contributed by atoms with Crippen LogP contribution in [0.3, 0.4) is 0 Å². The van der Waals surface area contributed by atoms with E-state index in [9.17, 15) is 18.4 Å². The van der Waals surface area contributed by atoms with Crippen molar-refractivity contribution in [2.45, 2.75) is 44.7 Å². The van der Waals surface area contributed by atoms with Crippen LogP contribution >= 0.6 is 0 Å². The zero-order valence-electron chi connectivity index (χ0n) is 17.3. The topological polar surface area (TPSA) is 65.5 Å². The number of hydrogen-bond donors (Lipinski definition) is 1. The molecule has 1 unspecified atom stereocenters. The minimum Gasteiger partial charge on any atom is -0.333 e. The summed E-state index contributed by atoms with van der Waals surface area (Å²) in [5, 5.41) is 2.46. The van der Waals surface area contributed by atoms with Crippen LogP contribution in [0, 0.1) is 17.6 Å². The highest BCUT2D eigenvalue weighted by atomic mass is 19.1. The highest BCUT2D eigenvalue weighted by Crippen LogP contribution is 2.31. The number of carbonyl (C=O) groups excluding carboxylic acids is 2. The van der Waals surface area contributed by atoms with Gasteiger partial charge in [0, 0.05) is 50.1 Å². The average molecular weight is 428 g/mol. The first kappa shape index (κ1) is 21.2. The Kier molecular flexibility index (Phi) is 6.44. The van der Waals surface area contributed by atoms with Gasteiger partial charge in [-0.05, 0) is 49.4 Å². The number of anilines is 1. The second-order valence-electron chi connectivity index (χ2n) is 8.25. The summed E-state index contributed by atoms with van der Waals surface area (Å²) in [7, 11) is 0. The van der Waals surface area contributed by atoms with Crippen LogP contribution in [0.4, 0.5) is 19.3 Å². The van der Waals surface area contributed by atoms with E-state index in [2.05, 4.69) is 10.3 Å². The maximum Gasteiger partial charge on any atom is 0.321 e. The number of pyridine rings is 1. The van der Waals surface area contributed by atoms with Crippen molar-refractivity contribution in [3.8, 4) is 0 Å². The molecule has 1 aromatic heterocycles. The summed E-state index contributed by atoms with van der Waals surface area (Å²) in [6.45, 7) is 1.29. The number of nitrogens with one attached hydrogen (secondary N) is 1. The number of hydrogen-bond acceptors (Lipinski definition) is 3. The molecule has 2 fully saturated rings. The average Bonchev–Trinajstić information content (AvgIpc) is 2.74. The first-order valence-electron chi connectivity index (χ1n) is 10.7. The van der Waals surface area contributed by atoms with Crippen LogP contribution in [0.25, 0.3) is 0 Å². The highest BCUT2D eigenvalue weighted by molar-refractivity contribution is 5.89. The summed E-state index contributed by atoms with van der Waals surface area (Å²) >= 11 is 0. The Labute approximate surface area is 180 Å². The molecule has 1 saturated carbocycles. The monoisotopic (exact) mass is 428 g/mol. The molecule has 0 radical (unpaired) electrons. The first-order chi connectivity index (χ1) is 15.0. The van der Waals surface area contributed by atoms with Crippen LogP contribution in [-0.2, 0) is 11.3 Å². The summed E-state index contributed by atoms with van der Waals surface area (Å²) in [5.41, 5.74) is 0.753. The number of nitrogens with zero attached hydrogens (tertiary/aromatic N) is 3. The van der Waals surface area contributed by atoms with E-state index in [0.717, 1.165) is 55.9 Å². The predicted octanol–water partition coefficient (Wildman–Crippen LogP) is 4.19. The Morgan fingerprint density at radius 1 is 1.16 bits per heavy atom. The number of urea groups is 1. The molecule has 1 aromatic carbocycles. The zero-order chi connectivity index (χ0) is 21.8. The van der Waals surface area contributed by atoms with Gasteiger partial charge in [-0.2, -0.15) is 0 Å². The third-order valence-corrected chi connectivity index (χ3v) is 6.11. The maximum absolute atomic E-state index is 13.9. The molecule has 1 aliphatic heterocycles. The molecule has 1 N–H and O–H groups in total. The van der Waals surface area contributed by atoms with E-state index in [-0.39, 0.29) is 23.6 Å². The van der Waals surface area contributed by atoms with Crippen molar-refractivity contribution in [2.24, 2.45) is 5.92 Å². The van der Waals surface area contributed by atoms with Gasteiger partial charge in [-0.3, -0.25) is 9.78 Å². The van der Waals surface area contributed by atoms with E-state index in [0.29, 0.717) is 19.6 Å². The quantitative estimate of drug-likeness (QED) is 0.777. The number of carbonyl (C=O) groups is 2. The number of benzene rings is 1. The minimum absolute atomic E-state index is 0.0438. The lowest BCUT2D eigenvalue weighted by Crippen LogP contribution is -2.54. The number of amides is 3. The number of piperidine rings is 1. The van der Waals surface area contributed by atoms with Gasteiger partial charge in [0.05, 0.1) is 5.69 Å². The van der Waals surface area contributed by atoms with E-state index in [1.54, 1.807) is 17.3 Å². The van der Waals surface area contributed by atoms with Crippen molar-refractivity contribution in [1.29, 1.82) is 0 Å². The number of likely N-dealkylation sites (tertiary alicyclic amines) is 1. The van der Waals surface area contributed by atoms with Gasteiger partial charge in [0.2, 0.25) is 5.91 Å². The molecule has 1 atom stereocenters. The Balaban J connectivity index is 1.47. The van der Waals surface area contributed by atoms with Gasteiger partial charge >= 0.3 is 6.03 Å². The van der Waals surface area contributed by atoms with Gasteiger partial charge in [0.15, 0.2) is 0 Å². The molecule has 2 aromatic rings. The Morgan fingerprint density at radius 2 is 2.00 bits per heavy atom. The van der Waals surface area contributed by atoms with Gasteiger partial charge in [0.1, 0.15) is 11.6 Å². The molecule has 2 heterocycles. The van der Waals surface area contributed by atoms with Crippen LogP contribution in [-0.4, -0.2) is 45.9 Å². The lowest BCUT2D eigenvalue weighted by Gasteiger charge is -2.42. The molecule has 1 aliphatic carbocycles. The third-order valence-electron chi connectivity index (χ3n) is 6.11. The molecule has 0 bridgehead atoms. The van der Waals surface area contributed by atoms with Crippen molar-refractivity contribution in [2.75, 3.05) is 18.4 Å². The lowest BCUT2D eigenvalue weighted by molar-refractivity contribution is -0.142. The van der Waals surface area contributed by atoms with Crippen LogP contribution in [0.1, 0.15) is 37.7 Å². The molecule has 1 saturated heterocycles. The standard InChI is InChI=1S/C23H26F2N4O2/c24-18-8-9-20(25)21(12-18)27-23(31)28-11-3-7-19(15-28)29(22(30)17-5-1-6-17)14-16-4-2-10-26-13-16/h2,4,8-10,12-13,17,19H,1,3,5-7,11,14-15H2,(H,27,31). The maximum atomic E-state index is 13.9.